The van der Waals surface area contributed by atoms with E-state index >= 15 is 0 Å². The van der Waals surface area contributed by atoms with E-state index in [1.165, 1.54) is 5.56 Å². The van der Waals surface area contributed by atoms with Gasteiger partial charge in [-0.15, -0.1) is 0 Å². The van der Waals surface area contributed by atoms with Gasteiger partial charge in [-0.05, 0) is 48.6 Å². The van der Waals surface area contributed by atoms with Gasteiger partial charge < -0.3 is 9.64 Å². The van der Waals surface area contributed by atoms with E-state index in [1.54, 1.807) is 24.3 Å². The predicted molar refractivity (Wildman–Crippen MR) is 108 cm³/mol. The summed E-state index contributed by atoms with van der Waals surface area (Å²) in [7, 11) is 0. The molecule has 4 rings (SSSR count). The average Bonchev–Trinajstić information content (AvgIpc) is 3.24. The molecule has 2 aromatic rings. The monoisotopic (exact) mass is 382 g/mol. The molecule has 5 heteroatoms. The molecule has 0 saturated carbocycles. The lowest BCUT2D eigenvalue weighted by atomic mass is 9.79. The number of amides is 1. The molecular formula is C22H23ClN2O2. The van der Waals surface area contributed by atoms with Crippen LogP contribution in [-0.2, 0) is 4.74 Å². The van der Waals surface area contributed by atoms with Crippen LogP contribution in [0.25, 0.3) is 0 Å². The summed E-state index contributed by atoms with van der Waals surface area (Å²) in [6, 6.07) is 17.6. The van der Waals surface area contributed by atoms with Crippen LogP contribution in [0.4, 0.5) is 0 Å². The van der Waals surface area contributed by atoms with Gasteiger partial charge in [-0.1, -0.05) is 41.9 Å². The number of rotatable bonds is 4. The first-order valence-corrected chi connectivity index (χ1v) is 9.87. The third-order valence-corrected chi connectivity index (χ3v) is 5.67. The van der Waals surface area contributed by atoms with Gasteiger partial charge in [-0.25, -0.2) is 0 Å². The molecule has 4 nitrogen and oxygen atoms in total. The first-order valence-electron chi connectivity index (χ1n) is 9.49. The molecule has 0 aliphatic carbocycles. The Morgan fingerprint density at radius 1 is 1.07 bits per heavy atom. The number of halogens is 1. The third-order valence-electron chi connectivity index (χ3n) is 5.42. The van der Waals surface area contributed by atoms with E-state index in [-0.39, 0.29) is 11.8 Å². The number of aliphatic imine (C=N–C) groups is 1. The SMILES string of the molecule is O=C(c1ccc(Cl)cc1)N1CCC(C(C2=NCCO2)c2ccccc2)CC1. The zero-order valence-electron chi connectivity index (χ0n) is 15.2. The van der Waals surface area contributed by atoms with Crippen LogP contribution >= 0.6 is 11.6 Å². The first-order chi connectivity index (χ1) is 13.2. The minimum absolute atomic E-state index is 0.0795. The van der Waals surface area contributed by atoms with Gasteiger partial charge >= 0.3 is 0 Å². The second-order valence-corrected chi connectivity index (χ2v) is 7.53. The summed E-state index contributed by atoms with van der Waals surface area (Å²) in [6.07, 6.45) is 1.89. The number of ether oxygens (including phenoxy) is 1. The Kier molecular flexibility index (Phi) is 5.44. The van der Waals surface area contributed by atoms with Crippen LogP contribution in [0.5, 0.6) is 0 Å². The smallest absolute Gasteiger partial charge is 0.253 e. The van der Waals surface area contributed by atoms with Crippen molar-refractivity contribution in [3.63, 3.8) is 0 Å². The zero-order valence-corrected chi connectivity index (χ0v) is 15.9. The molecule has 2 aliphatic heterocycles. The normalized spacial score (nSPS) is 18.7. The second-order valence-electron chi connectivity index (χ2n) is 7.09. The number of likely N-dealkylation sites (tertiary alicyclic amines) is 1. The van der Waals surface area contributed by atoms with Crippen molar-refractivity contribution in [2.24, 2.45) is 10.9 Å². The van der Waals surface area contributed by atoms with Gasteiger partial charge in [0.15, 0.2) is 5.90 Å². The molecule has 0 aromatic heterocycles. The average molecular weight is 383 g/mol. The molecule has 1 atom stereocenters. The molecule has 1 saturated heterocycles. The fourth-order valence-corrected chi connectivity index (χ4v) is 4.15. The molecule has 2 aromatic carbocycles. The van der Waals surface area contributed by atoms with Crippen LogP contribution in [0.2, 0.25) is 5.02 Å². The molecule has 0 bridgehead atoms. The highest BCUT2D eigenvalue weighted by atomic mass is 35.5. The van der Waals surface area contributed by atoms with Gasteiger partial charge in [0.05, 0.1) is 12.5 Å². The van der Waals surface area contributed by atoms with Gasteiger partial charge in [-0.2, -0.15) is 0 Å². The minimum Gasteiger partial charge on any atom is -0.479 e. The van der Waals surface area contributed by atoms with Crippen molar-refractivity contribution < 1.29 is 9.53 Å². The highest BCUT2D eigenvalue weighted by Gasteiger charge is 2.34. The van der Waals surface area contributed by atoms with E-state index in [9.17, 15) is 4.79 Å². The van der Waals surface area contributed by atoms with Crippen molar-refractivity contribution in [2.45, 2.75) is 18.8 Å². The fraction of sp³-hybridized carbons (Fsp3) is 0.364. The molecule has 0 radical (unpaired) electrons. The molecule has 0 N–H and O–H groups in total. The molecular weight excluding hydrogens is 360 g/mol. The van der Waals surface area contributed by atoms with Gasteiger partial charge in [0.25, 0.3) is 5.91 Å². The lowest BCUT2D eigenvalue weighted by molar-refractivity contribution is 0.0684. The highest BCUT2D eigenvalue weighted by molar-refractivity contribution is 6.30. The number of benzene rings is 2. The van der Waals surface area contributed by atoms with Crippen molar-refractivity contribution in [3.05, 3.63) is 70.7 Å². The molecule has 1 unspecified atom stereocenters. The van der Waals surface area contributed by atoms with Crippen molar-refractivity contribution in [3.8, 4) is 0 Å². The maximum absolute atomic E-state index is 12.7. The van der Waals surface area contributed by atoms with E-state index < -0.39 is 0 Å². The summed E-state index contributed by atoms with van der Waals surface area (Å²) in [5, 5.41) is 0.647. The van der Waals surface area contributed by atoms with Gasteiger partial charge in [0, 0.05) is 23.7 Å². The maximum atomic E-state index is 12.7. The lowest BCUT2D eigenvalue weighted by Crippen LogP contribution is -2.40. The van der Waals surface area contributed by atoms with Crippen LogP contribution < -0.4 is 0 Å². The van der Waals surface area contributed by atoms with Gasteiger partial charge in [0.2, 0.25) is 0 Å². The number of nitrogens with zero attached hydrogens (tertiary/aromatic N) is 2. The number of carbonyl (C=O) groups is 1. The largest absolute Gasteiger partial charge is 0.479 e. The number of hydrogen-bond acceptors (Lipinski definition) is 3. The van der Waals surface area contributed by atoms with E-state index in [0.29, 0.717) is 23.1 Å². The van der Waals surface area contributed by atoms with Crippen molar-refractivity contribution >= 4 is 23.4 Å². The predicted octanol–water partition coefficient (Wildman–Crippen LogP) is 4.40. The Bertz CT molecular complexity index is 812. The molecule has 140 valence electrons. The molecule has 1 amide bonds. The quantitative estimate of drug-likeness (QED) is 0.786. The molecule has 1 fully saturated rings. The van der Waals surface area contributed by atoms with E-state index in [4.69, 9.17) is 16.3 Å². The number of hydrogen-bond donors (Lipinski definition) is 0. The Hall–Kier alpha value is -2.33. The van der Waals surface area contributed by atoms with Crippen LogP contribution in [0.15, 0.2) is 59.6 Å². The van der Waals surface area contributed by atoms with Crippen molar-refractivity contribution in [2.75, 3.05) is 26.2 Å². The van der Waals surface area contributed by atoms with Crippen molar-refractivity contribution in [1.29, 1.82) is 0 Å². The minimum atomic E-state index is 0.0795. The molecule has 0 spiro atoms. The molecule has 2 aliphatic rings. The number of carbonyl (C=O) groups excluding carboxylic acids is 1. The van der Waals surface area contributed by atoms with Crippen LogP contribution in [-0.4, -0.2) is 42.9 Å². The summed E-state index contributed by atoms with van der Waals surface area (Å²) in [6.45, 7) is 2.92. The van der Waals surface area contributed by atoms with Gasteiger partial charge in [-0.3, -0.25) is 9.79 Å². The van der Waals surface area contributed by atoms with Crippen LogP contribution in [0, 0.1) is 5.92 Å². The van der Waals surface area contributed by atoms with E-state index in [2.05, 4.69) is 29.3 Å². The second kappa shape index (κ2) is 8.13. The lowest BCUT2D eigenvalue weighted by Gasteiger charge is -2.36. The Balaban J connectivity index is 1.46. The number of piperidine rings is 1. The van der Waals surface area contributed by atoms with E-state index in [1.807, 2.05) is 11.0 Å². The van der Waals surface area contributed by atoms with Crippen LogP contribution in [0.1, 0.15) is 34.7 Å². The Morgan fingerprint density at radius 2 is 1.78 bits per heavy atom. The topological polar surface area (TPSA) is 41.9 Å². The van der Waals surface area contributed by atoms with E-state index in [0.717, 1.165) is 38.4 Å². The first kappa shape index (κ1) is 18.1. The summed E-state index contributed by atoms with van der Waals surface area (Å²) in [4.78, 5) is 19.3. The molecule has 27 heavy (non-hydrogen) atoms. The van der Waals surface area contributed by atoms with Crippen molar-refractivity contribution in [1.82, 2.24) is 4.90 Å². The summed E-state index contributed by atoms with van der Waals surface area (Å²) >= 11 is 5.93. The summed E-state index contributed by atoms with van der Waals surface area (Å²) < 4.78 is 5.83. The van der Waals surface area contributed by atoms with Gasteiger partial charge in [0.1, 0.15) is 6.61 Å². The summed E-state index contributed by atoms with van der Waals surface area (Å²) in [5.74, 6) is 1.56. The Morgan fingerprint density at radius 3 is 2.41 bits per heavy atom. The molecule has 2 heterocycles. The standard InChI is InChI=1S/C22H23ClN2O2/c23-19-8-6-18(7-9-19)22(26)25-13-10-17(11-14-25)20(21-24-12-15-27-21)16-4-2-1-3-5-16/h1-9,17,20H,10-15H2. The highest BCUT2D eigenvalue weighted by Crippen LogP contribution is 2.35. The Labute approximate surface area is 164 Å². The zero-order chi connectivity index (χ0) is 18.6. The fourth-order valence-electron chi connectivity index (χ4n) is 4.03. The van der Waals surface area contributed by atoms with Crippen LogP contribution in [0.3, 0.4) is 0 Å². The maximum Gasteiger partial charge on any atom is 0.253 e. The third kappa shape index (κ3) is 4.01. The summed E-state index contributed by atoms with van der Waals surface area (Å²) in [5.41, 5.74) is 1.95.